The molecule has 4 heteroatoms. The van der Waals surface area contributed by atoms with Crippen molar-refractivity contribution in [1.29, 1.82) is 0 Å². The monoisotopic (exact) mass is 189 g/mol. The molecule has 2 aromatic rings. The van der Waals surface area contributed by atoms with Crippen molar-refractivity contribution in [2.24, 2.45) is 0 Å². The average Bonchev–Trinajstić information content (AvgIpc) is 2.67. The molecule has 0 aromatic carbocycles. The largest absolute Gasteiger partial charge is 0.364 e. The molecule has 0 aliphatic heterocycles. The number of hydrogen-bond donors (Lipinski definition) is 1. The van der Waals surface area contributed by atoms with Crippen LogP contribution in [0.15, 0.2) is 35.2 Å². The molecule has 2 heterocycles. The minimum absolute atomic E-state index is 0.632. The van der Waals surface area contributed by atoms with E-state index < -0.39 is 0 Å². The van der Waals surface area contributed by atoms with Crippen LogP contribution in [-0.4, -0.2) is 10.1 Å². The van der Waals surface area contributed by atoms with E-state index >= 15 is 0 Å². The molecule has 2 aromatic heterocycles. The molecule has 0 spiro atoms. The van der Waals surface area contributed by atoms with Crippen LogP contribution in [0.25, 0.3) is 0 Å². The Morgan fingerprint density at radius 1 is 1.43 bits per heavy atom. The summed E-state index contributed by atoms with van der Waals surface area (Å²) in [6.45, 7) is 2.66. The highest BCUT2D eigenvalue weighted by atomic mass is 16.5. The van der Waals surface area contributed by atoms with Gasteiger partial charge in [-0.1, -0.05) is 5.16 Å². The fourth-order valence-corrected chi connectivity index (χ4v) is 1.14. The summed E-state index contributed by atoms with van der Waals surface area (Å²) in [6.07, 6.45) is 3.33. The first-order valence-corrected chi connectivity index (χ1v) is 4.40. The summed E-state index contributed by atoms with van der Waals surface area (Å²) in [6, 6.07) is 5.77. The second-order valence-corrected chi connectivity index (χ2v) is 3.06. The van der Waals surface area contributed by atoms with Crippen molar-refractivity contribution in [3.8, 4) is 0 Å². The third-order valence-corrected chi connectivity index (χ3v) is 1.86. The van der Waals surface area contributed by atoms with Crippen LogP contribution in [0.4, 0.5) is 5.82 Å². The zero-order valence-electron chi connectivity index (χ0n) is 7.90. The Balaban J connectivity index is 1.98. The van der Waals surface area contributed by atoms with Gasteiger partial charge in [0.1, 0.15) is 17.8 Å². The van der Waals surface area contributed by atoms with Crippen LogP contribution in [0.1, 0.15) is 11.3 Å². The maximum Gasteiger partial charge on any atom is 0.126 e. The summed E-state index contributed by atoms with van der Waals surface area (Å²) >= 11 is 0. The van der Waals surface area contributed by atoms with Gasteiger partial charge in [-0.15, -0.1) is 0 Å². The maximum atomic E-state index is 4.72. The van der Waals surface area contributed by atoms with Crippen molar-refractivity contribution in [1.82, 2.24) is 10.1 Å². The molecule has 0 atom stereocenters. The SMILES string of the molecule is Cc1ccnc(NCc2ccon2)c1. The van der Waals surface area contributed by atoms with Crippen molar-refractivity contribution in [3.63, 3.8) is 0 Å². The molecule has 0 radical (unpaired) electrons. The van der Waals surface area contributed by atoms with Gasteiger partial charge in [0.05, 0.1) is 6.54 Å². The predicted molar refractivity (Wildman–Crippen MR) is 52.8 cm³/mol. The quantitative estimate of drug-likeness (QED) is 0.802. The van der Waals surface area contributed by atoms with Crippen LogP contribution < -0.4 is 5.32 Å². The number of hydrogen-bond acceptors (Lipinski definition) is 4. The number of nitrogens with one attached hydrogen (secondary N) is 1. The molecule has 0 amide bonds. The molecular weight excluding hydrogens is 178 g/mol. The van der Waals surface area contributed by atoms with Crippen LogP contribution in [-0.2, 0) is 6.54 Å². The Hall–Kier alpha value is -1.84. The second kappa shape index (κ2) is 3.91. The predicted octanol–water partition coefficient (Wildman–Crippen LogP) is 1.99. The third kappa shape index (κ3) is 2.10. The first-order chi connectivity index (χ1) is 6.84. The highest BCUT2D eigenvalue weighted by molar-refractivity contribution is 5.37. The zero-order chi connectivity index (χ0) is 9.80. The van der Waals surface area contributed by atoms with Crippen molar-refractivity contribution in [3.05, 3.63) is 41.9 Å². The first-order valence-electron chi connectivity index (χ1n) is 4.40. The lowest BCUT2D eigenvalue weighted by Gasteiger charge is -2.02. The fourth-order valence-electron chi connectivity index (χ4n) is 1.14. The van der Waals surface area contributed by atoms with Gasteiger partial charge in [0.2, 0.25) is 0 Å². The molecule has 1 N–H and O–H groups in total. The van der Waals surface area contributed by atoms with Gasteiger partial charge in [0.15, 0.2) is 0 Å². The third-order valence-electron chi connectivity index (χ3n) is 1.86. The number of pyridine rings is 1. The minimum atomic E-state index is 0.632. The summed E-state index contributed by atoms with van der Waals surface area (Å²) in [5.74, 6) is 0.855. The maximum absolute atomic E-state index is 4.72. The summed E-state index contributed by atoms with van der Waals surface area (Å²) in [5.41, 5.74) is 2.05. The van der Waals surface area contributed by atoms with Gasteiger partial charge >= 0.3 is 0 Å². The lowest BCUT2D eigenvalue weighted by Crippen LogP contribution is -2.01. The van der Waals surface area contributed by atoms with Gasteiger partial charge in [0.25, 0.3) is 0 Å². The molecular formula is C10H11N3O. The van der Waals surface area contributed by atoms with E-state index in [9.17, 15) is 0 Å². The summed E-state index contributed by atoms with van der Waals surface area (Å²) < 4.78 is 4.72. The van der Waals surface area contributed by atoms with Crippen LogP contribution >= 0.6 is 0 Å². The molecule has 72 valence electrons. The lowest BCUT2D eigenvalue weighted by molar-refractivity contribution is 0.412. The van der Waals surface area contributed by atoms with E-state index in [1.165, 1.54) is 5.56 Å². The number of aromatic nitrogens is 2. The van der Waals surface area contributed by atoms with Crippen LogP contribution in [0.2, 0.25) is 0 Å². The van der Waals surface area contributed by atoms with Crippen LogP contribution in [0, 0.1) is 6.92 Å². The van der Waals surface area contributed by atoms with Crippen LogP contribution in [0.5, 0.6) is 0 Å². The van der Waals surface area contributed by atoms with Gasteiger partial charge in [0, 0.05) is 12.3 Å². The molecule has 0 bridgehead atoms. The van der Waals surface area contributed by atoms with Gasteiger partial charge < -0.3 is 9.84 Å². The fraction of sp³-hybridized carbons (Fsp3) is 0.200. The molecule has 0 aliphatic rings. The van der Waals surface area contributed by atoms with Gasteiger partial charge in [-0.3, -0.25) is 0 Å². The van der Waals surface area contributed by atoms with Crippen molar-refractivity contribution < 1.29 is 4.52 Å². The molecule has 0 saturated carbocycles. The number of aryl methyl sites for hydroxylation is 1. The molecule has 0 fully saturated rings. The van der Waals surface area contributed by atoms with Gasteiger partial charge in [-0.25, -0.2) is 4.98 Å². The van der Waals surface area contributed by atoms with Crippen molar-refractivity contribution in [2.75, 3.05) is 5.32 Å². The standard InChI is InChI=1S/C10H11N3O/c1-8-2-4-11-10(6-8)12-7-9-3-5-14-13-9/h2-6H,7H2,1H3,(H,11,12). The first kappa shape index (κ1) is 8.74. The minimum Gasteiger partial charge on any atom is -0.364 e. The van der Waals surface area contributed by atoms with Crippen molar-refractivity contribution in [2.45, 2.75) is 13.5 Å². The molecule has 2 rings (SSSR count). The molecule has 14 heavy (non-hydrogen) atoms. The Morgan fingerprint density at radius 3 is 3.07 bits per heavy atom. The summed E-state index contributed by atoms with van der Waals surface area (Å²) in [5, 5.41) is 6.94. The van der Waals surface area contributed by atoms with Crippen molar-refractivity contribution >= 4 is 5.82 Å². The topological polar surface area (TPSA) is 51.0 Å². The smallest absolute Gasteiger partial charge is 0.126 e. The Labute approximate surface area is 82.0 Å². The van der Waals surface area contributed by atoms with Gasteiger partial charge in [-0.05, 0) is 24.6 Å². The highest BCUT2D eigenvalue weighted by Crippen LogP contribution is 2.06. The Kier molecular flexibility index (Phi) is 2.44. The Bertz CT molecular complexity index is 398. The van der Waals surface area contributed by atoms with Crippen LogP contribution in [0.3, 0.4) is 0 Å². The van der Waals surface area contributed by atoms with Gasteiger partial charge in [-0.2, -0.15) is 0 Å². The van der Waals surface area contributed by atoms with E-state index in [0.29, 0.717) is 6.54 Å². The highest BCUT2D eigenvalue weighted by Gasteiger charge is 1.97. The average molecular weight is 189 g/mol. The number of nitrogens with zero attached hydrogens (tertiary/aromatic N) is 2. The van der Waals surface area contributed by atoms with E-state index in [2.05, 4.69) is 15.5 Å². The van der Waals surface area contributed by atoms with E-state index in [4.69, 9.17) is 4.52 Å². The molecule has 0 saturated heterocycles. The number of rotatable bonds is 3. The second-order valence-electron chi connectivity index (χ2n) is 3.06. The summed E-state index contributed by atoms with van der Waals surface area (Å²) in [7, 11) is 0. The number of anilines is 1. The van der Waals surface area contributed by atoms with E-state index in [-0.39, 0.29) is 0 Å². The van der Waals surface area contributed by atoms with E-state index in [1.54, 1.807) is 12.5 Å². The molecule has 4 nitrogen and oxygen atoms in total. The Morgan fingerprint density at radius 2 is 2.36 bits per heavy atom. The normalized spacial score (nSPS) is 10.1. The van der Waals surface area contributed by atoms with E-state index in [0.717, 1.165) is 11.5 Å². The summed E-state index contributed by atoms with van der Waals surface area (Å²) in [4.78, 5) is 4.17. The molecule has 0 aliphatic carbocycles. The lowest BCUT2D eigenvalue weighted by atomic mass is 10.3. The van der Waals surface area contributed by atoms with E-state index in [1.807, 2.05) is 25.1 Å². The molecule has 0 unspecified atom stereocenters. The zero-order valence-corrected chi connectivity index (χ0v) is 7.90.